The van der Waals surface area contributed by atoms with E-state index in [2.05, 4.69) is 0 Å². The van der Waals surface area contributed by atoms with Crippen molar-refractivity contribution in [2.75, 3.05) is 0 Å². The Kier molecular flexibility index (Phi) is 1.27. The smallest absolute Gasteiger partial charge is 0.129 e. The molecule has 1 heteroatoms. The first-order chi connectivity index (χ1) is 3.39. The van der Waals surface area contributed by atoms with Gasteiger partial charge in [-0.3, -0.25) is 0 Å². The molecule has 1 aliphatic carbocycles. The molecule has 37 valence electrons. The summed E-state index contributed by atoms with van der Waals surface area (Å²) in [6, 6.07) is 0. The summed E-state index contributed by atoms with van der Waals surface area (Å²) in [6.45, 7) is 0. The molecule has 0 atom stereocenters. The zero-order chi connectivity index (χ0) is 5.11. The summed E-state index contributed by atoms with van der Waals surface area (Å²) in [7, 11) is 0. The van der Waals surface area contributed by atoms with Crippen molar-refractivity contribution < 1.29 is 5.11 Å². The van der Waals surface area contributed by atoms with E-state index in [4.69, 9.17) is 0 Å². The third kappa shape index (κ3) is 1.16. The average molecular weight is 95.1 g/mol. The van der Waals surface area contributed by atoms with Crippen LogP contribution in [0.25, 0.3) is 0 Å². The van der Waals surface area contributed by atoms with Crippen LogP contribution in [0.2, 0.25) is 0 Å². The summed E-state index contributed by atoms with van der Waals surface area (Å²) in [5.74, 6) is 0. The van der Waals surface area contributed by atoms with Gasteiger partial charge in [-0.25, -0.2) is 5.11 Å². The second-order valence-corrected chi connectivity index (χ2v) is 1.56. The van der Waals surface area contributed by atoms with E-state index in [1.54, 1.807) is 12.2 Å². The van der Waals surface area contributed by atoms with E-state index < -0.39 is 6.10 Å². The molecule has 1 radical (unpaired) electrons. The standard InChI is InChI=1S/C6H7O/c7-6-4-2-1-3-5-6/h2-6H,1H2. The van der Waals surface area contributed by atoms with Crippen LogP contribution in [0.15, 0.2) is 24.3 Å². The molecule has 0 unspecified atom stereocenters. The van der Waals surface area contributed by atoms with Gasteiger partial charge < -0.3 is 0 Å². The Morgan fingerprint density at radius 1 is 1.29 bits per heavy atom. The number of hydrogen-bond acceptors (Lipinski definition) is 0. The lowest BCUT2D eigenvalue weighted by Gasteiger charge is -1.96. The van der Waals surface area contributed by atoms with Crippen LogP contribution in [0.5, 0.6) is 0 Å². The first-order valence-corrected chi connectivity index (χ1v) is 2.39. The zero-order valence-electron chi connectivity index (χ0n) is 4.00. The van der Waals surface area contributed by atoms with Crippen molar-refractivity contribution in [3.63, 3.8) is 0 Å². The van der Waals surface area contributed by atoms with Gasteiger partial charge in [0.15, 0.2) is 0 Å². The third-order valence-electron chi connectivity index (χ3n) is 0.924. The van der Waals surface area contributed by atoms with Crippen LogP contribution in [-0.2, 0) is 5.11 Å². The predicted molar refractivity (Wildman–Crippen MR) is 27.4 cm³/mol. The largest absolute Gasteiger partial charge is 0.224 e. The van der Waals surface area contributed by atoms with Crippen molar-refractivity contribution in [2.24, 2.45) is 0 Å². The highest BCUT2D eigenvalue weighted by atomic mass is 16.3. The third-order valence-corrected chi connectivity index (χ3v) is 0.924. The van der Waals surface area contributed by atoms with E-state index in [1.165, 1.54) is 0 Å². The van der Waals surface area contributed by atoms with E-state index in [1.807, 2.05) is 12.2 Å². The van der Waals surface area contributed by atoms with Crippen LogP contribution in [0.4, 0.5) is 0 Å². The van der Waals surface area contributed by atoms with Gasteiger partial charge in [0.2, 0.25) is 0 Å². The van der Waals surface area contributed by atoms with Gasteiger partial charge in [-0.05, 0) is 6.42 Å². The Morgan fingerprint density at radius 3 is 2.14 bits per heavy atom. The molecule has 0 aromatic carbocycles. The van der Waals surface area contributed by atoms with E-state index in [9.17, 15) is 5.11 Å². The summed E-state index contributed by atoms with van der Waals surface area (Å²) in [6.07, 6.45) is 7.46. The molecule has 0 aliphatic heterocycles. The second-order valence-electron chi connectivity index (χ2n) is 1.56. The lowest BCUT2D eigenvalue weighted by atomic mass is 10.2. The topological polar surface area (TPSA) is 19.9 Å². The summed E-state index contributed by atoms with van der Waals surface area (Å²) in [5, 5.41) is 10.4. The fourth-order valence-electron chi connectivity index (χ4n) is 0.568. The lowest BCUT2D eigenvalue weighted by Crippen LogP contribution is -1.95. The average Bonchev–Trinajstić information content (AvgIpc) is 1.69. The van der Waals surface area contributed by atoms with Crippen LogP contribution >= 0.6 is 0 Å². The number of allylic oxidation sites excluding steroid dienone is 2. The monoisotopic (exact) mass is 95.0 g/mol. The Bertz CT molecular complexity index is 90.7. The van der Waals surface area contributed by atoms with E-state index in [0.717, 1.165) is 6.42 Å². The molecule has 1 aliphatic rings. The fraction of sp³-hybridized carbons (Fsp3) is 0.333. The van der Waals surface area contributed by atoms with Crippen molar-refractivity contribution in [1.82, 2.24) is 0 Å². The van der Waals surface area contributed by atoms with Gasteiger partial charge in [-0.2, -0.15) is 0 Å². The minimum Gasteiger partial charge on any atom is -0.224 e. The van der Waals surface area contributed by atoms with Gasteiger partial charge in [0.1, 0.15) is 6.10 Å². The molecule has 1 nitrogen and oxygen atoms in total. The highest BCUT2D eigenvalue weighted by molar-refractivity contribution is 5.09. The molecule has 7 heavy (non-hydrogen) atoms. The molecule has 0 aromatic heterocycles. The van der Waals surface area contributed by atoms with Gasteiger partial charge in [-0.15, -0.1) is 0 Å². The molecule has 0 amide bonds. The Balaban J connectivity index is 2.49. The molecule has 0 bridgehead atoms. The summed E-state index contributed by atoms with van der Waals surface area (Å²) >= 11 is 0. The molecule has 0 saturated heterocycles. The van der Waals surface area contributed by atoms with E-state index in [0.29, 0.717) is 0 Å². The van der Waals surface area contributed by atoms with Gasteiger partial charge in [0.05, 0.1) is 0 Å². The Hall–Kier alpha value is -0.560. The van der Waals surface area contributed by atoms with E-state index in [-0.39, 0.29) is 0 Å². The maximum atomic E-state index is 10.4. The summed E-state index contributed by atoms with van der Waals surface area (Å²) in [4.78, 5) is 0. The molecule has 0 N–H and O–H groups in total. The van der Waals surface area contributed by atoms with Crippen LogP contribution in [0.3, 0.4) is 0 Å². The van der Waals surface area contributed by atoms with Crippen molar-refractivity contribution in [3.05, 3.63) is 24.3 Å². The SMILES string of the molecule is [O]C1C=CCC=C1. The van der Waals surface area contributed by atoms with Crippen molar-refractivity contribution in [3.8, 4) is 0 Å². The Morgan fingerprint density at radius 2 is 1.86 bits per heavy atom. The molecular weight excluding hydrogens is 88.1 g/mol. The normalized spacial score (nSPS) is 20.7. The molecular formula is C6H7O. The first-order valence-electron chi connectivity index (χ1n) is 2.39. The van der Waals surface area contributed by atoms with Gasteiger partial charge >= 0.3 is 0 Å². The molecule has 0 saturated carbocycles. The van der Waals surface area contributed by atoms with Gasteiger partial charge in [0, 0.05) is 0 Å². The van der Waals surface area contributed by atoms with Crippen LogP contribution in [0, 0.1) is 0 Å². The maximum Gasteiger partial charge on any atom is 0.129 e. The molecule has 0 aromatic rings. The quantitative estimate of drug-likeness (QED) is 0.404. The van der Waals surface area contributed by atoms with Crippen molar-refractivity contribution >= 4 is 0 Å². The molecule has 1 rings (SSSR count). The first kappa shape index (κ1) is 4.60. The minimum absolute atomic E-state index is 0.575. The maximum absolute atomic E-state index is 10.4. The van der Waals surface area contributed by atoms with Gasteiger partial charge in [-0.1, -0.05) is 24.3 Å². The second kappa shape index (κ2) is 1.94. The minimum atomic E-state index is -0.575. The lowest BCUT2D eigenvalue weighted by molar-refractivity contribution is 0.168. The number of rotatable bonds is 0. The summed E-state index contributed by atoms with van der Waals surface area (Å²) < 4.78 is 0. The van der Waals surface area contributed by atoms with Crippen molar-refractivity contribution in [2.45, 2.75) is 12.5 Å². The van der Waals surface area contributed by atoms with Crippen LogP contribution in [-0.4, -0.2) is 6.10 Å². The van der Waals surface area contributed by atoms with Crippen LogP contribution in [0.1, 0.15) is 6.42 Å². The zero-order valence-corrected chi connectivity index (χ0v) is 4.00. The molecule has 0 fully saturated rings. The fourth-order valence-corrected chi connectivity index (χ4v) is 0.568. The Labute approximate surface area is 43.0 Å². The van der Waals surface area contributed by atoms with E-state index >= 15 is 0 Å². The molecule has 0 heterocycles. The highest BCUT2D eigenvalue weighted by Gasteiger charge is 1.94. The molecule has 0 spiro atoms. The summed E-state index contributed by atoms with van der Waals surface area (Å²) in [5.41, 5.74) is 0. The number of hydrogen-bond donors (Lipinski definition) is 0. The highest BCUT2D eigenvalue weighted by Crippen LogP contribution is 1.99. The van der Waals surface area contributed by atoms with Crippen molar-refractivity contribution in [1.29, 1.82) is 0 Å². The predicted octanol–water partition coefficient (Wildman–Crippen LogP) is 1.30. The van der Waals surface area contributed by atoms with Gasteiger partial charge in [0.25, 0.3) is 0 Å². The van der Waals surface area contributed by atoms with Crippen LogP contribution < -0.4 is 0 Å².